The van der Waals surface area contributed by atoms with Crippen LogP contribution < -0.4 is 27.8 Å². The van der Waals surface area contributed by atoms with Crippen molar-refractivity contribution in [2.45, 2.75) is 99.9 Å². The van der Waals surface area contributed by atoms with Gasteiger partial charge in [0, 0.05) is 39.1 Å². The molecule has 5 rings (SSSR count). The fourth-order valence-electron chi connectivity index (χ4n) is 7.36. The number of carboxylic acid groups (broad SMARTS) is 1. The summed E-state index contributed by atoms with van der Waals surface area (Å²) in [7, 11) is 0. The van der Waals surface area contributed by atoms with E-state index >= 15 is 0 Å². The van der Waals surface area contributed by atoms with E-state index in [1.165, 1.54) is 0 Å². The molecule has 64 heavy (non-hydrogen) atoms. The number of hydrogen-bond donors (Lipinski definition) is 12. The third-order valence-corrected chi connectivity index (χ3v) is 11.4. The molecular weight excluding hydrogens is 858 g/mol. The number of rotatable bonds is 20. The number of carboxylic acids is 1. The van der Waals surface area contributed by atoms with Crippen molar-refractivity contribution >= 4 is 47.0 Å². The monoisotopic (exact) mass is 915 g/mol. The van der Waals surface area contributed by atoms with Gasteiger partial charge in [0.1, 0.15) is 36.6 Å². The Bertz CT molecular complexity index is 2050. The van der Waals surface area contributed by atoms with Crippen LogP contribution in [0.3, 0.4) is 0 Å². The number of ether oxygens (including phenoxy) is 2. The molecule has 3 aromatic rings. The molecule has 22 heteroatoms. The normalized spacial score (nSPS) is 24.9. The van der Waals surface area contributed by atoms with Crippen LogP contribution in [-0.2, 0) is 31.9 Å². The van der Waals surface area contributed by atoms with Gasteiger partial charge in [-0.25, -0.2) is 14.8 Å². The Morgan fingerprint density at radius 1 is 0.781 bits per heavy atom. The van der Waals surface area contributed by atoms with Crippen molar-refractivity contribution in [3.63, 3.8) is 0 Å². The van der Waals surface area contributed by atoms with E-state index in [0.29, 0.717) is 26.1 Å². The topological polar surface area (TPSA) is 355 Å². The van der Waals surface area contributed by atoms with Crippen LogP contribution in [0.1, 0.15) is 53.7 Å². The maximum atomic E-state index is 12.9. The molecule has 350 valence electrons. The van der Waals surface area contributed by atoms with E-state index in [0.717, 1.165) is 41.5 Å². The van der Waals surface area contributed by atoms with Crippen LogP contribution in [0, 0.1) is 0 Å². The molecule has 0 radical (unpaired) electrons. The van der Waals surface area contributed by atoms with Gasteiger partial charge in [-0.3, -0.25) is 19.9 Å². The number of halogens is 1. The molecule has 1 aromatic heterocycles. The number of nitrogens with zero attached hydrogens (tertiary/aromatic N) is 4. The highest BCUT2D eigenvalue weighted by atomic mass is 35.5. The fraction of sp³-hybridized carbons (Fsp3) is 0.524. The first-order valence-corrected chi connectivity index (χ1v) is 21.4. The van der Waals surface area contributed by atoms with Crippen LogP contribution >= 0.6 is 11.6 Å². The van der Waals surface area contributed by atoms with Gasteiger partial charge in [-0.1, -0.05) is 60.1 Å². The summed E-state index contributed by atoms with van der Waals surface area (Å²) >= 11 is 5.83. The number of aromatic nitrogens is 2. The van der Waals surface area contributed by atoms with Crippen LogP contribution in [0.2, 0.25) is 5.15 Å². The number of amides is 2. The molecule has 2 fully saturated rings. The summed E-state index contributed by atoms with van der Waals surface area (Å²) in [6.07, 6.45) is -9.23. The maximum absolute atomic E-state index is 12.9. The van der Waals surface area contributed by atoms with Crippen molar-refractivity contribution in [3.05, 3.63) is 70.5 Å². The van der Waals surface area contributed by atoms with E-state index in [1.807, 2.05) is 41.3 Å². The van der Waals surface area contributed by atoms with Crippen molar-refractivity contribution in [1.82, 2.24) is 25.5 Å². The average molecular weight is 916 g/mol. The van der Waals surface area contributed by atoms with Crippen molar-refractivity contribution in [2.75, 3.05) is 50.8 Å². The Hall–Kier alpha value is -5.07. The summed E-state index contributed by atoms with van der Waals surface area (Å²) in [4.78, 5) is 50.5. The molecular formula is C42H58ClN9O12. The summed E-state index contributed by atoms with van der Waals surface area (Å²) < 4.78 is 11.0. The highest BCUT2D eigenvalue weighted by Gasteiger charge is 2.46. The molecule has 2 aromatic carbocycles. The molecule has 3 heterocycles. The third-order valence-electron chi connectivity index (χ3n) is 11.2. The second-order valence-corrected chi connectivity index (χ2v) is 16.2. The van der Waals surface area contributed by atoms with Crippen LogP contribution in [-0.4, -0.2) is 169 Å². The van der Waals surface area contributed by atoms with Gasteiger partial charge in [-0.15, -0.1) is 0 Å². The highest BCUT2D eigenvalue weighted by molar-refractivity contribution is 6.31. The minimum Gasteiger partial charge on any atom is -0.479 e. The second kappa shape index (κ2) is 23.7. The Morgan fingerprint density at radius 3 is 2.03 bits per heavy atom. The Balaban J connectivity index is 1.03. The van der Waals surface area contributed by atoms with E-state index < -0.39 is 66.8 Å². The number of nitrogens with one attached hydrogen (secondary N) is 2. The number of anilines is 2. The van der Waals surface area contributed by atoms with Gasteiger partial charge in [0.25, 0.3) is 5.91 Å². The largest absolute Gasteiger partial charge is 0.479 e. The number of carbonyl (C=O) groups excluding carboxylic acids is 2. The molecule has 21 nitrogen and oxygen atoms in total. The molecule has 2 aliphatic heterocycles. The smallest absolute Gasteiger partial charge is 0.335 e. The molecule has 2 aliphatic rings. The number of aliphatic hydroxyl groups excluding tert-OH is 6. The average Bonchev–Trinajstić information content (AvgIpc) is 3.27. The quantitative estimate of drug-likeness (QED) is 0.0351. The number of carbonyl (C=O) groups is 3. The Morgan fingerprint density at radius 2 is 1.39 bits per heavy atom. The van der Waals surface area contributed by atoms with Gasteiger partial charge in [-0.05, 0) is 60.8 Å². The molecule has 0 saturated carbocycles. The maximum Gasteiger partial charge on any atom is 0.335 e. The number of nitrogen functional groups attached to an aromatic ring is 2. The Kier molecular flexibility index (Phi) is 18.5. The molecule has 2 saturated heterocycles. The number of aliphatic imine (C=N–C) groups is 1. The van der Waals surface area contributed by atoms with Crippen LogP contribution in [0.25, 0.3) is 11.1 Å². The lowest BCUT2D eigenvalue weighted by atomic mass is 9.93. The number of aliphatic carboxylic acids is 1. The van der Waals surface area contributed by atoms with Gasteiger partial charge < -0.3 is 72.6 Å². The molecule has 0 spiro atoms. The molecule has 9 atom stereocenters. The zero-order valence-corrected chi connectivity index (χ0v) is 35.8. The number of aryl methyl sites for hydroxylation is 2. The van der Waals surface area contributed by atoms with E-state index in [9.17, 15) is 50.1 Å². The van der Waals surface area contributed by atoms with E-state index in [-0.39, 0.29) is 73.3 Å². The molecule has 0 bridgehead atoms. The van der Waals surface area contributed by atoms with Crippen molar-refractivity contribution in [3.8, 4) is 11.1 Å². The van der Waals surface area contributed by atoms with E-state index in [4.69, 9.17) is 38.3 Å². The first-order valence-electron chi connectivity index (χ1n) is 21.0. The van der Waals surface area contributed by atoms with Gasteiger partial charge in [-0.2, -0.15) is 0 Å². The summed E-state index contributed by atoms with van der Waals surface area (Å²) in [5.41, 5.74) is 21.1. The standard InChI is InChI=1S/C42H58ClN9O12/c43-37-39(45)50-38(44)30(49-37)40(60)51-42(46)48-16-2-1-3-22-4-9-24(10-5-22)25-11-6-23(7-12-25)8-13-29(54)47-17-20-52(18-14-27-32(56)31(55)26(53)21-63-27)19-15-28-33(57)34(58)35(59)36(64-28)41(61)62/h4-7,9-12,26-28,31-36,53,55-59H,1-3,8,13-21H2,(H,47,54)(H,61,62)(H4,44,45,50)(H3,46,48,51,60)/t26-,27-,28-,31+,32+,33+,34-,35+,36+/m1/s1. The number of benzene rings is 2. The zero-order valence-electron chi connectivity index (χ0n) is 35.1. The second-order valence-electron chi connectivity index (χ2n) is 15.8. The lowest BCUT2D eigenvalue weighted by Crippen LogP contribution is -2.60. The number of guanidine groups is 1. The van der Waals surface area contributed by atoms with E-state index in [2.05, 4.69) is 37.7 Å². The molecule has 15 N–H and O–H groups in total. The fourth-order valence-corrected chi connectivity index (χ4v) is 7.49. The predicted molar refractivity (Wildman–Crippen MR) is 234 cm³/mol. The summed E-state index contributed by atoms with van der Waals surface area (Å²) in [5.74, 6) is -2.72. The number of aliphatic hydroxyl groups is 6. The number of nitrogens with two attached hydrogens (primary N) is 3. The molecule has 0 aliphatic carbocycles. The highest BCUT2D eigenvalue weighted by Crippen LogP contribution is 2.25. The predicted octanol–water partition coefficient (Wildman–Crippen LogP) is -1.42. The van der Waals surface area contributed by atoms with Gasteiger partial charge in [0.15, 0.2) is 34.5 Å². The van der Waals surface area contributed by atoms with Gasteiger partial charge >= 0.3 is 5.97 Å². The van der Waals surface area contributed by atoms with Crippen molar-refractivity contribution < 1.29 is 59.6 Å². The van der Waals surface area contributed by atoms with Crippen molar-refractivity contribution in [1.29, 1.82) is 0 Å². The molecule has 2 amide bonds. The lowest BCUT2D eigenvalue weighted by Gasteiger charge is -2.40. The van der Waals surface area contributed by atoms with Crippen LogP contribution in [0.5, 0.6) is 0 Å². The van der Waals surface area contributed by atoms with Gasteiger partial charge in [0.05, 0.1) is 18.8 Å². The number of hydrogen-bond acceptors (Lipinski definition) is 17. The summed E-state index contributed by atoms with van der Waals surface area (Å²) in [6.45, 7) is 1.28. The third kappa shape index (κ3) is 14.0. The minimum absolute atomic E-state index is 0.0636. The summed E-state index contributed by atoms with van der Waals surface area (Å²) in [5, 5.41) is 75.7. The Labute approximate surface area is 374 Å². The van der Waals surface area contributed by atoms with Gasteiger partial charge in [0.2, 0.25) is 5.91 Å². The molecule has 0 unspecified atom stereocenters. The number of unbranched alkanes of at least 4 members (excludes halogenated alkanes) is 1. The van der Waals surface area contributed by atoms with Crippen LogP contribution in [0.15, 0.2) is 53.5 Å². The SMILES string of the molecule is NC(=NCCCCc1ccc(-c2ccc(CCC(=O)NCCN(CC[C@H]3O[C@H](C(=O)O)[C@@H](O)[C@H](O)[C@H]3O)CC[C@H]3OC[C@@H](O)[C@H](O)[C@H]3O)cc2)cc1)NC(=O)c1nc(Cl)c(N)nc1N. The van der Waals surface area contributed by atoms with Crippen LogP contribution in [0.4, 0.5) is 11.6 Å². The van der Waals surface area contributed by atoms with Crippen molar-refractivity contribution in [2.24, 2.45) is 10.7 Å². The first-order chi connectivity index (χ1) is 30.5. The minimum atomic E-state index is -1.81. The lowest BCUT2D eigenvalue weighted by molar-refractivity contribution is -0.229. The first kappa shape index (κ1) is 49.9. The zero-order chi connectivity index (χ0) is 46.5. The summed E-state index contributed by atoms with van der Waals surface area (Å²) in [6, 6.07) is 16.2. The van der Waals surface area contributed by atoms with E-state index in [1.54, 1.807) is 0 Å².